The Hall–Kier alpha value is -1.93. The van der Waals surface area contributed by atoms with Crippen LogP contribution in [0.2, 0.25) is 0 Å². The molecule has 2 rings (SSSR count). The van der Waals surface area contributed by atoms with Crippen LogP contribution in [0.5, 0.6) is 0 Å². The van der Waals surface area contributed by atoms with E-state index in [1.165, 1.54) is 14.0 Å². The second-order valence-corrected chi connectivity index (χ2v) is 5.00. The first kappa shape index (κ1) is 16.4. The van der Waals surface area contributed by atoms with E-state index < -0.39 is 41.7 Å². The minimum Gasteiger partial charge on any atom is -0.439 e. The summed E-state index contributed by atoms with van der Waals surface area (Å²) in [6.45, 7) is 1.48. The van der Waals surface area contributed by atoms with Crippen molar-refractivity contribution >= 4 is 6.09 Å². The van der Waals surface area contributed by atoms with Crippen LogP contribution >= 0.6 is 0 Å². The summed E-state index contributed by atoms with van der Waals surface area (Å²) in [5.74, 6) is 0. The Morgan fingerprint density at radius 3 is 1.77 bits per heavy atom. The first-order valence-electron chi connectivity index (χ1n) is 6.14. The van der Waals surface area contributed by atoms with E-state index in [1.54, 1.807) is 0 Å². The Morgan fingerprint density at radius 1 is 1.00 bits per heavy atom. The van der Waals surface area contributed by atoms with E-state index in [0.29, 0.717) is 12.1 Å². The highest BCUT2D eigenvalue weighted by atomic mass is 19.4. The number of cyclic esters (lactones) is 1. The fourth-order valence-corrected chi connectivity index (χ4v) is 2.15. The molecule has 0 unspecified atom stereocenters. The second-order valence-electron chi connectivity index (χ2n) is 5.00. The van der Waals surface area contributed by atoms with Crippen LogP contribution < -0.4 is 0 Å². The van der Waals surface area contributed by atoms with Gasteiger partial charge in [-0.05, 0) is 30.7 Å². The molecule has 2 atom stereocenters. The van der Waals surface area contributed by atoms with Crippen molar-refractivity contribution in [3.8, 4) is 0 Å². The van der Waals surface area contributed by atoms with Crippen LogP contribution in [0.4, 0.5) is 31.1 Å². The molecule has 3 nitrogen and oxygen atoms in total. The smallest absolute Gasteiger partial charge is 0.416 e. The Bertz CT molecular complexity index is 563. The molecule has 0 spiro atoms. The zero-order chi connectivity index (χ0) is 16.9. The van der Waals surface area contributed by atoms with Crippen molar-refractivity contribution in [1.29, 1.82) is 0 Å². The summed E-state index contributed by atoms with van der Waals surface area (Å²) in [4.78, 5) is 12.5. The number of likely N-dealkylation sites (N-methyl/N-ethyl adjacent to an activating group) is 1. The first-order chi connectivity index (χ1) is 9.91. The molecule has 1 fully saturated rings. The van der Waals surface area contributed by atoms with Crippen LogP contribution in [0, 0.1) is 0 Å². The minimum atomic E-state index is -4.94. The molecule has 9 heteroatoms. The second kappa shape index (κ2) is 5.06. The SMILES string of the molecule is C[C@H]1[C@H](c2cc(C(F)(F)F)cc(C(F)(F)F)c2)OC(=O)N1C. The van der Waals surface area contributed by atoms with E-state index in [1.807, 2.05) is 0 Å². The lowest BCUT2D eigenvalue weighted by Gasteiger charge is -2.20. The van der Waals surface area contributed by atoms with E-state index >= 15 is 0 Å². The van der Waals surface area contributed by atoms with Crippen molar-refractivity contribution in [1.82, 2.24) is 4.90 Å². The first-order valence-corrected chi connectivity index (χ1v) is 6.14. The third kappa shape index (κ3) is 2.97. The number of hydrogen-bond donors (Lipinski definition) is 0. The summed E-state index contributed by atoms with van der Waals surface area (Å²) < 4.78 is 81.6. The van der Waals surface area contributed by atoms with Gasteiger partial charge in [0.1, 0.15) is 6.10 Å². The number of amides is 1. The number of hydrogen-bond acceptors (Lipinski definition) is 2. The van der Waals surface area contributed by atoms with Crippen molar-refractivity contribution in [3.05, 3.63) is 34.9 Å². The summed E-state index contributed by atoms with van der Waals surface area (Å²) >= 11 is 0. The summed E-state index contributed by atoms with van der Waals surface area (Å²) in [5, 5.41) is 0. The van der Waals surface area contributed by atoms with E-state index in [-0.39, 0.29) is 11.6 Å². The zero-order valence-electron chi connectivity index (χ0n) is 11.4. The lowest BCUT2D eigenvalue weighted by molar-refractivity contribution is -0.143. The van der Waals surface area contributed by atoms with Gasteiger partial charge in [-0.25, -0.2) is 4.79 Å². The summed E-state index contributed by atoms with van der Waals surface area (Å²) in [5.41, 5.74) is -3.21. The molecule has 1 aromatic carbocycles. The monoisotopic (exact) mass is 327 g/mol. The molecule has 0 radical (unpaired) electrons. The lowest BCUT2D eigenvalue weighted by Crippen LogP contribution is -2.27. The standard InChI is InChI=1S/C13H11F6NO2/c1-6-10(22-11(21)20(6)2)7-3-8(12(14,15)16)5-9(4-7)13(17,18)19/h3-6,10H,1-2H3/t6-,10+/m0/s1. The van der Waals surface area contributed by atoms with Gasteiger partial charge in [0.15, 0.2) is 0 Å². The molecular weight excluding hydrogens is 316 g/mol. The van der Waals surface area contributed by atoms with Crippen molar-refractivity contribution in [3.63, 3.8) is 0 Å². The molecule has 0 saturated carbocycles. The molecule has 1 saturated heterocycles. The lowest BCUT2D eigenvalue weighted by atomic mass is 9.97. The van der Waals surface area contributed by atoms with Gasteiger partial charge in [0.25, 0.3) is 0 Å². The zero-order valence-corrected chi connectivity index (χ0v) is 11.4. The number of carbonyl (C=O) groups is 1. The van der Waals surface area contributed by atoms with E-state index in [2.05, 4.69) is 0 Å². The summed E-state index contributed by atoms with van der Waals surface area (Å²) in [6.07, 6.45) is -11.9. The number of halogens is 6. The topological polar surface area (TPSA) is 29.5 Å². The Balaban J connectivity index is 2.54. The van der Waals surface area contributed by atoms with Crippen molar-refractivity contribution < 1.29 is 35.9 Å². The highest BCUT2D eigenvalue weighted by molar-refractivity contribution is 5.70. The largest absolute Gasteiger partial charge is 0.439 e. The fraction of sp³-hybridized carbons (Fsp3) is 0.462. The third-order valence-corrected chi connectivity index (χ3v) is 3.50. The van der Waals surface area contributed by atoms with Crippen LogP contribution in [0.1, 0.15) is 29.7 Å². The number of nitrogens with zero attached hydrogens (tertiary/aromatic N) is 1. The molecule has 0 aromatic heterocycles. The van der Waals surface area contributed by atoms with E-state index in [0.717, 1.165) is 4.90 Å². The number of benzene rings is 1. The molecule has 1 aliphatic heterocycles. The number of ether oxygens (including phenoxy) is 1. The molecule has 0 bridgehead atoms. The predicted molar refractivity (Wildman–Crippen MR) is 62.9 cm³/mol. The number of carbonyl (C=O) groups excluding carboxylic acids is 1. The van der Waals surface area contributed by atoms with Gasteiger partial charge in [0, 0.05) is 7.05 Å². The van der Waals surface area contributed by atoms with E-state index in [9.17, 15) is 31.1 Å². The van der Waals surface area contributed by atoms with Crippen molar-refractivity contribution in [2.24, 2.45) is 0 Å². The normalized spacial score (nSPS) is 22.9. The predicted octanol–water partition coefficient (Wildman–Crippen LogP) is 4.24. The number of rotatable bonds is 1. The highest BCUT2D eigenvalue weighted by Crippen LogP contribution is 2.40. The number of alkyl halides is 6. The van der Waals surface area contributed by atoms with Gasteiger partial charge in [0.2, 0.25) is 0 Å². The van der Waals surface area contributed by atoms with Crippen molar-refractivity contribution in [2.75, 3.05) is 7.05 Å². The van der Waals surface area contributed by atoms with Gasteiger partial charge >= 0.3 is 18.4 Å². The van der Waals surface area contributed by atoms with Crippen LogP contribution in [0.3, 0.4) is 0 Å². The average Bonchev–Trinajstić information content (AvgIpc) is 2.64. The van der Waals surface area contributed by atoms with Gasteiger partial charge < -0.3 is 9.64 Å². The van der Waals surface area contributed by atoms with Crippen LogP contribution in [0.25, 0.3) is 0 Å². The quantitative estimate of drug-likeness (QED) is 0.722. The average molecular weight is 327 g/mol. The highest BCUT2D eigenvalue weighted by Gasteiger charge is 2.41. The maximum absolute atomic E-state index is 12.8. The summed E-state index contributed by atoms with van der Waals surface area (Å²) in [7, 11) is 1.35. The van der Waals surface area contributed by atoms with Gasteiger partial charge in [-0.2, -0.15) is 26.3 Å². The molecule has 0 N–H and O–H groups in total. The van der Waals surface area contributed by atoms with Gasteiger partial charge in [-0.1, -0.05) is 0 Å². The van der Waals surface area contributed by atoms with Crippen LogP contribution in [-0.2, 0) is 17.1 Å². The van der Waals surface area contributed by atoms with Crippen molar-refractivity contribution in [2.45, 2.75) is 31.4 Å². The van der Waals surface area contributed by atoms with Gasteiger partial charge in [-0.15, -0.1) is 0 Å². The fourth-order valence-electron chi connectivity index (χ4n) is 2.15. The van der Waals surface area contributed by atoms with Gasteiger partial charge in [-0.3, -0.25) is 0 Å². The molecule has 0 aliphatic carbocycles. The molecule has 1 aromatic rings. The van der Waals surface area contributed by atoms with Crippen LogP contribution in [-0.4, -0.2) is 24.1 Å². The molecule has 1 aliphatic rings. The van der Waals surface area contributed by atoms with Crippen LogP contribution in [0.15, 0.2) is 18.2 Å². The molecule has 122 valence electrons. The maximum Gasteiger partial charge on any atom is 0.416 e. The third-order valence-electron chi connectivity index (χ3n) is 3.50. The van der Waals surface area contributed by atoms with Gasteiger partial charge in [0.05, 0.1) is 17.2 Å². The summed E-state index contributed by atoms with van der Waals surface area (Å²) in [6, 6.07) is 0.498. The Labute approximate surface area is 121 Å². The molecule has 22 heavy (non-hydrogen) atoms. The Kier molecular flexibility index (Phi) is 3.78. The molecular formula is C13H11F6NO2. The molecule has 1 amide bonds. The maximum atomic E-state index is 12.8. The minimum absolute atomic E-state index is 0.0364. The Morgan fingerprint density at radius 2 is 1.45 bits per heavy atom. The molecule has 1 heterocycles. The van der Waals surface area contributed by atoms with E-state index in [4.69, 9.17) is 4.74 Å².